The van der Waals surface area contributed by atoms with E-state index in [9.17, 15) is 18.0 Å². The summed E-state index contributed by atoms with van der Waals surface area (Å²) in [7, 11) is 1.81. The first kappa shape index (κ1) is 18.7. The fourth-order valence-corrected chi connectivity index (χ4v) is 2.78. The molecule has 0 unspecified atom stereocenters. The van der Waals surface area contributed by atoms with Crippen LogP contribution in [-0.4, -0.2) is 52.1 Å². The summed E-state index contributed by atoms with van der Waals surface area (Å²) in [5, 5.41) is 6.47. The molecule has 0 spiro atoms. The number of amides is 1. The summed E-state index contributed by atoms with van der Waals surface area (Å²) in [4.78, 5) is 16.0. The molecule has 1 saturated heterocycles. The highest BCUT2D eigenvalue weighted by atomic mass is 19.4. The zero-order chi connectivity index (χ0) is 18.1. The number of alkyl halides is 3. The van der Waals surface area contributed by atoms with E-state index in [-0.39, 0.29) is 24.4 Å². The van der Waals surface area contributed by atoms with Crippen LogP contribution in [0.5, 0.6) is 0 Å². The van der Waals surface area contributed by atoms with E-state index in [1.54, 1.807) is 4.90 Å². The van der Waals surface area contributed by atoms with Crippen molar-refractivity contribution >= 4 is 5.91 Å². The van der Waals surface area contributed by atoms with Crippen LogP contribution in [-0.2, 0) is 17.5 Å². The average Bonchev–Trinajstić information content (AvgIpc) is 2.94. The molecule has 136 valence electrons. The Morgan fingerprint density at radius 2 is 1.83 bits per heavy atom. The number of piperidine rings is 1. The highest BCUT2D eigenvalue weighted by Crippen LogP contribution is 2.28. The van der Waals surface area contributed by atoms with Crippen LogP contribution in [0.1, 0.15) is 45.4 Å². The number of carbonyl (C=O) groups is 1. The van der Waals surface area contributed by atoms with Crippen molar-refractivity contribution in [1.82, 2.24) is 20.0 Å². The lowest BCUT2D eigenvalue weighted by molar-refractivity contribution is -0.157. The smallest absolute Gasteiger partial charge is 0.416 e. The largest absolute Gasteiger partial charge is 0.470 e. The molecule has 1 aliphatic rings. The molecule has 1 amide bonds. The molecule has 1 aromatic heterocycles. The van der Waals surface area contributed by atoms with Crippen molar-refractivity contribution in [3.63, 3.8) is 0 Å². The van der Waals surface area contributed by atoms with E-state index < -0.39 is 17.5 Å². The first-order valence-corrected chi connectivity index (χ1v) is 7.87. The predicted molar refractivity (Wildman–Crippen MR) is 79.8 cm³/mol. The summed E-state index contributed by atoms with van der Waals surface area (Å²) in [5.41, 5.74) is -0.427. The molecule has 0 aliphatic carbocycles. The fraction of sp³-hybridized carbons (Fsp3) is 0.800. The lowest BCUT2D eigenvalue weighted by Gasteiger charge is -2.38. The Balaban J connectivity index is 1.87. The second-order valence-electron chi connectivity index (χ2n) is 7.17. The van der Waals surface area contributed by atoms with Crippen LogP contribution in [0.2, 0.25) is 0 Å². The van der Waals surface area contributed by atoms with Crippen LogP contribution in [0, 0.1) is 5.41 Å². The number of hydrogen-bond acceptors (Lipinski definition) is 5. The first-order chi connectivity index (χ1) is 11.0. The highest BCUT2D eigenvalue weighted by molar-refractivity contribution is 5.81. The number of carbonyl (C=O) groups excluding carboxylic acids is 1. The predicted octanol–water partition coefficient (Wildman–Crippen LogP) is 2.56. The van der Waals surface area contributed by atoms with Gasteiger partial charge in [-0.3, -0.25) is 9.69 Å². The summed E-state index contributed by atoms with van der Waals surface area (Å²) in [6, 6.07) is 0.140. The molecule has 9 heteroatoms. The van der Waals surface area contributed by atoms with E-state index in [0.717, 1.165) is 12.8 Å². The van der Waals surface area contributed by atoms with Gasteiger partial charge in [-0.2, -0.15) is 13.2 Å². The van der Waals surface area contributed by atoms with Gasteiger partial charge < -0.3 is 9.32 Å². The second-order valence-corrected chi connectivity index (χ2v) is 7.17. The van der Waals surface area contributed by atoms with E-state index in [1.165, 1.54) is 0 Å². The third kappa shape index (κ3) is 4.46. The molecule has 0 N–H and O–H groups in total. The monoisotopic (exact) mass is 348 g/mol. The van der Waals surface area contributed by atoms with E-state index in [2.05, 4.69) is 14.6 Å². The van der Waals surface area contributed by atoms with Gasteiger partial charge in [0, 0.05) is 31.6 Å². The Morgan fingerprint density at radius 3 is 2.29 bits per heavy atom. The number of hydrogen-bond donors (Lipinski definition) is 0. The molecule has 0 saturated carbocycles. The van der Waals surface area contributed by atoms with Crippen LogP contribution in [0.4, 0.5) is 13.2 Å². The van der Waals surface area contributed by atoms with Crippen LogP contribution >= 0.6 is 0 Å². The van der Waals surface area contributed by atoms with E-state index in [4.69, 9.17) is 0 Å². The number of halogens is 3. The summed E-state index contributed by atoms with van der Waals surface area (Å²) >= 11 is 0. The van der Waals surface area contributed by atoms with E-state index >= 15 is 0 Å². The normalized spacial score (nSPS) is 18.0. The molecule has 0 aromatic carbocycles. The summed E-state index contributed by atoms with van der Waals surface area (Å²) < 4.78 is 42.0. The molecule has 0 radical (unpaired) electrons. The minimum atomic E-state index is -4.62. The van der Waals surface area contributed by atoms with Gasteiger partial charge in [-0.05, 0) is 12.8 Å². The summed E-state index contributed by atoms with van der Waals surface area (Å²) in [5.74, 6) is -1.27. The van der Waals surface area contributed by atoms with E-state index in [1.807, 2.05) is 32.7 Å². The maximum absolute atomic E-state index is 12.4. The zero-order valence-electron chi connectivity index (χ0n) is 14.4. The van der Waals surface area contributed by atoms with Crippen LogP contribution in [0.25, 0.3) is 0 Å². The summed E-state index contributed by atoms with van der Waals surface area (Å²) in [6.07, 6.45) is -3.09. The Hall–Kier alpha value is -1.64. The minimum absolute atomic E-state index is 0.0418. The minimum Gasteiger partial charge on any atom is -0.416 e. The molecule has 1 aromatic rings. The standard InChI is InChI=1S/C15H23F3N4O2/c1-14(2,3)13(23)21(4)10-5-7-22(8-6-10)9-11-19-20-12(24-11)15(16,17)18/h10H,5-9H2,1-4H3. The van der Waals surface area contributed by atoms with Crippen molar-refractivity contribution in [2.24, 2.45) is 5.41 Å². The molecule has 6 nitrogen and oxygen atoms in total. The van der Waals surface area contributed by atoms with Gasteiger partial charge in [0.1, 0.15) is 0 Å². The molecule has 0 atom stereocenters. The van der Waals surface area contributed by atoms with Crippen LogP contribution < -0.4 is 0 Å². The van der Waals surface area contributed by atoms with Crippen LogP contribution in [0.3, 0.4) is 0 Å². The van der Waals surface area contributed by atoms with Gasteiger partial charge in [0.05, 0.1) is 6.54 Å². The van der Waals surface area contributed by atoms with Gasteiger partial charge in [0.25, 0.3) is 0 Å². The zero-order valence-corrected chi connectivity index (χ0v) is 14.4. The molecule has 1 fully saturated rings. The highest BCUT2D eigenvalue weighted by Gasteiger charge is 2.38. The topological polar surface area (TPSA) is 62.5 Å². The van der Waals surface area contributed by atoms with Crippen molar-refractivity contribution < 1.29 is 22.4 Å². The van der Waals surface area contributed by atoms with Gasteiger partial charge in [-0.25, -0.2) is 0 Å². The second kappa shape index (κ2) is 6.70. The maximum Gasteiger partial charge on any atom is 0.470 e. The van der Waals surface area contributed by atoms with Crippen molar-refractivity contribution in [3.05, 3.63) is 11.8 Å². The number of likely N-dealkylation sites (tertiary alicyclic amines) is 1. The van der Waals surface area contributed by atoms with Crippen LogP contribution in [0.15, 0.2) is 4.42 Å². The van der Waals surface area contributed by atoms with Gasteiger partial charge >= 0.3 is 12.1 Å². The molecular formula is C15H23F3N4O2. The fourth-order valence-electron chi connectivity index (χ4n) is 2.78. The molecule has 0 bridgehead atoms. The lowest BCUT2D eigenvalue weighted by atomic mass is 9.93. The Kier molecular flexibility index (Phi) is 5.22. The van der Waals surface area contributed by atoms with Crippen molar-refractivity contribution in [2.75, 3.05) is 20.1 Å². The maximum atomic E-state index is 12.4. The SMILES string of the molecule is CN(C(=O)C(C)(C)C)C1CCN(Cc2nnc(C(F)(F)F)o2)CC1. The van der Waals surface area contributed by atoms with Gasteiger partial charge in [0.15, 0.2) is 0 Å². The Labute approximate surface area is 139 Å². The third-order valence-electron chi connectivity index (χ3n) is 4.13. The van der Waals surface area contributed by atoms with Gasteiger partial charge in [-0.15, -0.1) is 10.2 Å². The van der Waals surface area contributed by atoms with Crippen molar-refractivity contribution in [3.8, 4) is 0 Å². The van der Waals surface area contributed by atoms with Crippen molar-refractivity contribution in [1.29, 1.82) is 0 Å². The third-order valence-corrected chi connectivity index (χ3v) is 4.13. The molecule has 1 aliphatic heterocycles. The molecule has 2 rings (SSSR count). The Bertz CT molecular complexity index is 572. The average molecular weight is 348 g/mol. The first-order valence-electron chi connectivity index (χ1n) is 7.87. The number of rotatable bonds is 3. The van der Waals surface area contributed by atoms with Gasteiger partial charge in [0.2, 0.25) is 11.8 Å². The van der Waals surface area contributed by atoms with Gasteiger partial charge in [-0.1, -0.05) is 20.8 Å². The number of nitrogens with zero attached hydrogens (tertiary/aromatic N) is 4. The Morgan fingerprint density at radius 1 is 1.25 bits per heavy atom. The molecular weight excluding hydrogens is 325 g/mol. The van der Waals surface area contributed by atoms with E-state index in [0.29, 0.717) is 13.1 Å². The van der Waals surface area contributed by atoms with Crippen molar-refractivity contribution in [2.45, 2.75) is 52.4 Å². The number of aromatic nitrogens is 2. The summed E-state index contributed by atoms with van der Waals surface area (Å²) in [6.45, 7) is 7.16. The quantitative estimate of drug-likeness (QED) is 0.840. The molecule has 24 heavy (non-hydrogen) atoms. The lowest BCUT2D eigenvalue weighted by Crippen LogP contribution is -2.48. The molecule has 2 heterocycles.